The van der Waals surface area contributed by atoms with E-state index >= 15 is 0 Å². The Labute approximate surface area is 167 Å². The summed E-state index contributed by atoms with van der Waals surface area (Å²) in [5.74, 6) is 1.51. The highest BCUT2D eigenvalue weighted by atomic mass is 16.7. The third-order valence-electron chi connectivity index (χ3n) is 4.58. The Kier molecular flexibility index (Phi) is 5.39. The number of fused-ring (bicyclic) bond motifs is 1. The smallest absolute Gasteiger partial charge is 0.319 e. The molecule has 1 N–H and O–H groups in total. The van der Waals surface area contributed by atoms with Gasteiger partial charge in [0.2, 0.25) is 6.79 Å². The molecule has 2 heterocycles. The standard InChI is InChI=1S/C20H21N5O4/c1-3-27-18(26)11-21-19(14-8-9-16-17(10-14)29-12-28-16)20-22-23-24-25(20)15-7-5-4-6-13(15)2/h4-10,19,21H,3,11-12H2,1-2H3/t19-/m1/s1. The summed E-state index contributed by atoms with van der Waals surface area (Å²) in [5.41, 5.74) is 2.72. The van der Waals surface area contributed by atoms with E-state index in [1.165, 1.54) is 0 Å². The summed E-state index contributed by atoms with van der Waals surface area (Å²) in [6.07, 6.45) is 0. The molecule has 1 aromatic heterocycles. The van der Waals surface area contributed by atoms with E-state index < -0.39 is 6.04 Å². The van der Waals surface area contributed by atoms with Crippen molar-refractivity contribution in [2.75, 3.05) is 19.9 Å². The highest BCUT2D eigenvalue weighted by molar-refractivity contribution is 5.71. The highest BCUT2D eigenvalue weighted by Gasteiger charge is 2.25. The van der Waals surface area contributed by atoms with Crippen LogP contribution in [-0.4, -0.2) is 46.1 Å². The highest BCUT2D eigenvalue weighted by Crippen LogP contribution is 2.35. The fraction of sp³-hybridized carbons (Fsp3) is 0.300. The average molecular weight is 395 g/mol. The van der Waals surface area contributed by atoms with Gasteiger partial charge in [-0.05, 0) is 53.6 Å². The van der Waals surface area contributed by atoms with Crippen LogP contribution in [0.1, 0.15) is 29.9 Å². The van der Waals surface area contributed by atoms with Gasteiger partial charge in [-0.2, -0.15) is 4.68 Å². The Morgan fingerprint density at radius 1 is 1.24 bits per heavy atom. The van der Waals surface area contributed by atoms with Crippen LogP contribution < -0.4 is 14.8 Å². The molecule has 1 aliphatic rings. The van der Waals surface area contributed by atoms with Crippen molar-refractivity contribution < 1.29 is 19.0 Å². The number of benzene rings is 2. The number of tetrazole rings is 1. The second kappa shape index (κ2) is 8.27. The SMILES string of the molecule is CCOC(=O)CN[C@H](c1ccc2c(c1)OCO2)c1nnnn1-c1ccccc1C. The van der Waals surface area contributed by atoms with E-state index in [2.05, 4.69) is 20.8 Å². The fourth-order valence-electron chi connectivity index (χ4n) is 3.19. The lowest BCUT2D eigenvalue weighted by Gasteiger charge is -2.19. The first kappa shape index (κ1) is 18.9. The molecule has 0 fully saturated rings. The van der Waals surface area contributed by atoms with Crippen LogP contribution in [0.15, 0.2) is 42.5 Å². The van der Waals surface area contributed by atoms with Crippen LogP contribution in [0.4, 0.5) is 0 Å². The molecule has 0 saturated carbocycles. The summed E-state index contributed by atoms with van der Waals surface area (Å²) in [5, 5.41) is 15.5. The van der Waals surface area contributed by atoms with Crippen LogP contribution in [0, 0.1) is 6.92 Å². The van der Waals surface area contributed by atoms with Gasteiger partial charge in [-0.25, -0.2) is 0 Å². The topological polar surface area (TPSA) is 100 Å². The van der Waals surface area contributed by atoms with E-state index in [-0.39, 0.29) is 19.3 Å². The molecule has 3 aromatic rings. The first-order valence-corrected chi connectivity index (χ1v) is 9.30. The largest absolute Gasteiger partial charge is 0.465 e. The number of carbonyl (C=O) groups is 1. The number of nitrogens with zero attached hydrogens (tertiary/aromatic N) is 4. The number of carbonyl (C=O) groups excluding carboxylic acids is 1. The number of rotatable bonds is 7. The first-order valence-electron chi connectivity index (χ1n) is 9.30. The van der Waals surface area contributed by atoms with Gasteiger partial charge in [-0.15, -0.1) is 5.10 Å². The molecule has 0 saturated heterocycles. The van der Waals surface area contributed by atoms with Gasteiger partial charge in [0.25, 0.3) is 0 Å². The van der Waals surface area contributed by atoms with E-state index in [1.807, 2.05) is 49.4 Å². The Hall–Kier alpha value is -3.46. The van der Waals surface area contributed by atoms with Gasteiger partial charge in [0.05, 0.1) is 24.9 Å². The number of hydrogen-bond acceptors (Lipinski definition) is 8. The van der Waals surface area contributed by atoms with Crippen LogP contribution >= 0.6 is 0 Å². The lowest BCUT2D eigenvalue weighted by atomic mass is 10.0. The fourth-order valence-corrected chi connectivity index (χ4v) is 3.19. The van der Waals surface area contributed by atoms with Crippen LogP contribution in [0.2, 0.25) is 0 Å². The normalized spacial score (nSPS) is 13.3. The summed E-state index contributed by atoms with van der Waals surface area (Å²) in [6, 6.07) is 12.9. The Morgan fingerprint density at radius 3 is 2.90 bits per heavy atom. The quantitative estimate of drug-likeness (QED) is 0.606. The number of esters is 1. The molecule has 9 nitrogen and oxygen atoms in total. The predicted octanol–water partition coefficient (Wildman–Crippen LogP) is 1.94. The lowest BCUT2D eigenvalue weighted by Crippen LogP contribution is -2.31. The number of nitrogens with one attached hydrogen (secondary N) is 1. The predicted molar refractivity (Wildman–Crippen MR) is 103 cm³/mol. The van der Waals surface area contributed by atoms with Crippen LogP contribution in [0.5, 0.6) is 11.5 Å². The molecule has 0 bridgehead atoms. The summed E-state index contributed by atoms with van der Waals surface area (Å²) in [6.45, 7) is 4.26. The molecule has 0 spiro atoms. The maximum absolute atomic E-state index is 12.0. The maximum atomic E-state index is 12.0. The van der Waals surface area contributed by atoms with Gasteiger partial charge in [-0.3, -0.25) is 10.1 Å². The van der Waals surface area contributed by atoms with Gasteiger partial charge < -0.3 is 14.2 Å². The molecular formula is C20H21N5O4. The molecule has 0 unspecified atom stereocenters. The third kappa shape index (κ3) is 3.90. The van der Waals surface area contributed by atoms with Gasteiger partial charge in [0.15, 0.2) is 17.3 Å². The van der Waals surface area contributed by atoms with Crippen molar-refractivity contribution >= 4 is 5.97 Å². The van der Waals surface area contributed by atoms with Gasteiger partial charge in [0.1, 0.15) is 0 Å². The van der Waals surface area contributed by atoms with Gasteiger partial charge in [-0.1, -0.05) is 24.3 Å². The number of hydrogen-bond donors (Lipinski definition) is 1. The second-order valence-electron chi connectivity index (χ2n) is 6.47. The molecule has 1 atom stereocenters. The molecule has 0 radical (unpaired) electrons. The lowest BCUT2D eigenvalue weighted by molar-refractivity contribution is -0.142. The van der Waals surface area contributed by atoms with Crippen molar-refractivity contribution in [2.45, 2.75) is 19.9 Å². The van der Waals surface area contributed by atoms with E-state index in [1.54, 1.807) is 11.6 Å². The Morgan fingerprint density at radius 2 is 2.07 bits per heavy atom. The molecular weight excluding hydrogens is 374 g/mol. The zero-order valence-electron chi connectivity index (χ0n) is 16.2. The molecule has 29 heavy (non-hydrogen) atoms. The van der Waals surface area contributed by atoms with Crippen LogP contribution in [0.25, 0.3) is 5.69 Å². The summed E-state index contributed by atoms with van der Waals surface area (Å²) in [4.78, 5) is 12.0. The van der Waals surface area contributed by atoms with Crippen molar-refractivity contribution in [3.05, 3.63) is 59.4 Å². The number of aromatic nitrogens is 4. The third-order valence-corrected chi connectivity index (χ3v) is 4.58. The number of para-hydroxylation sites is 1. The van der Waals surface area contributed by atoms with Crippen LogP contribution in [-0.2, 0) is 9.53 Å². The minimum atomic E-state index is -0.469. The molecule has 4 rings (SSSR count). The molecule has 9 heteroatoms. The zero-order chi connectivity index (χ0) is 20.2. The Bertz CT molecular complexity index is 1020. The van der Waals surface area contributed by atoms with Crippen molar-refractivity contribution in [1.82, 2.24) is 25.5 Å². The van der Waals surface area contributed by atoms with E-state index in [0.29, 0.717) is 23.9 Å². The van der Waals surface area contributed by atoms with Gasteiger partial charge >= 0.3 is 5.97 Å². The van der Waals surface area contributed by atoms with Gasteiger partial charge in [0, 0.05) is 0 Å². The van der Waals surface area contributed by atoms with Crippen molar-refractivity contribution in [1.29, 1.82) is 0 Å². The molecule has 0 amide bonds. The zero-order valence-corrected chi connectivity index (χ0v) is 16.2. The van der Waals surface area contributed by atoms with Crippen molar-refractivity contribution in [3.63, 3.8) is 0 Å². The van der Waals surface area contributed by atoms with E-state index in [0.717, 1.165) is 16.8 Å². The van der Waals surface area contributed by atoms with Crippen molar-refractivity contribution in [2.24, 2.45) is 0 Å². The minimum absolute atomic E-state index is 0.00752. The van der Waals surface area contributed by atoms with E-state index in [9.17, 15) is 4.79 Å². The number of aryl methyl sites for hydroxylation is 1. The maximum Gasteiger partial charge on any atom is 0.319 e. The average Bonchev–Trinajstić information content (AvgIpc) is 3.38. The monoisotopic (exact) mass is 395 g/mol. The first-order chi connectivity index (χ1) is 14.2. The molecule has 1 aliphatic heterocycles. The molecule has 150 valence electrons. The molecule has 0 aliphatic carbocycles. The Balaban J connectivity index is 1.72. The summed E-state index contributed by atoms with van der Waals surface area (Å²) >= 11 is 0. The second-order valence-corrected chi connectivity index (χ2v) is 6.47. The van der Waals surface area contributed by atoms with Crippen molar-refractivity contribution in [3.8, 4) is 17.2 Å². The summed E-state index contributed by atoms with van der Waals surface area (Å²) < 4.78 is 17.6. The van der Waals surface area contributed by atoms with E-state index in [4.69, 9.17) is 14.2 Å². The number of ether oxygens (including phenoxy) is 3. The van der Waals surface area contributed by atoms with Crippen LogP contribution in [0.3, 0.4) is 0 Å². The minimum Gasteiger partial charge on any atom is -0.465 e. The molecule has 2 aromatic carbocycles. The summed E-state index contributed by atoms with van der Waals surface area (Å²) in [7, 11) is 0.